The molecule has 108 valence electrons. The molecule has 0 radical (unpaired) electrons. The van der Waals surface area contributed by atoms with E-state index in [2.05, 4.69) is 5.32 Å². The molecule has 0 bridgehead atoms. The second kappa shape index (κ2) is 5.74. The number of para-hydroxylation sites is 1. The fourth-order valence-electron chi connectivity index (χ4n) is 2.61. The Morgan fingerprint density at radius 2 is 2.25 bits per heavy atom. The molecule has 1 atom stereocenters. The third kappa shape index (κ3) is 2.56. The Balaban J connectivity index is 1.69. The van der Waals surface area contributed by atoms with E-state index in [1.54, 1.807) is 7.11 Å². The number of ether oxygens (including phenoxy) is 2. The SMILES string of the molecule is COC1(CNCc2c(Cl)oc3ccccc23)CCOC1. The van der Waals surface area contributed by atoms with Crippen LogP contribution in [0.2, 0.25) is 5.22 Å². The maximum Gasteiger partial charge on any atom is 0.199 e. The van der Waals surface area contributed by atoms with Gasteiger partial charge in [-0.25, -0.2) is 0 Å². The number of methoxy groups -OCH3 is 1. The van der Waals surface area contributed by atoms with Crippen LogP contribution in [0.25, 0.3) is 11.0 Å². The average molecular weight is 296 g/mol. The van der Waals surface area contributed by atoms with Gasteiger partial charge >= 0.3 is 0 Å². The first kappa shape index (κ1) is 13.9. The maximum absolute atomic E-state index is 6.17. The van der Waals surface area contributed by atoms with Gasteiger partial charge in [0.2, 0.25) is 0 Å². The summed E-state index contributed by atoms with van der Waals surface area (Å²) in [6.07, 6.45) is 0.913. The largest absolute Gasteiger partial charge is 0.444 e. The van der Waals surface area contributed by atoms with Crippen LogP contribution >= 0.6 is 11.6 Å². The van der Waals surface area contributed by atoms with Crippen LogP contribution in [-0.4, -0.2) is 32.5 Å². The van der Waals surface area contributed by atoms with E-state index < -0.39 is 0 Å². The number of rotatable bonds is 5. The number of nitrogens with one attached hydrogen (secondary N) is 1. The molecule has 2 aromatic rings. The average Bonchev–Trinajstić information content (AvgIpc) is 3.05. The summed E-state index contributed by atoms with van der Waals surface area (Å²) in [5.41, 5.74) is 1.60. The number of halogens is 1. The zero-order valence-corrected chi connectivity index (χ0v) is 12.2. The fourth-order valence-corrected chi connectivity index (χ4v) is 2.86. The molecule has 1 unspecified atom stereocenters. The number of hydrogen-bond acceptors (Lipinski definition) is 4. The van der Waals surface area contributed by atoms with Crippen LogP contribution in [0.15, 0.2) is 28.7 Å². The van der Waals surface area contributed by atoms with Crippen LogP contribution < -0.4 is 5.32 Å². The van der Waals surface area contributed by atoms with Gasteiger partial charge in [-0.3, -0.25) is 0 Å². The minimum Gasteiger partial charge on any atom is -0.444 e. The predicted molar refractivity (Wildman–Crippen MR) is 78.1 cm³/mol. The first-order valence-electron chi connectivity index (χ1n) is 6.74. The van der Waals surface area contributed by atoms with E-state index in [1.807, 2.05) is 24.3 Å². The molecule has 0 spiro atoms. The summed E-state index contributed by atoms with van der Waals surface area (Å²) in [7, 11) is 1.73. The van der Waals surface area contributed by atoms with Crippen molar-refractivity contribution in [2.45, 2.75) is 18.6 Å². The molecule has 1 N–H and O–H groups in total. The maximum atomic E-state index is 6.17. The van der Waals surface area contributed by atoms with E-state index in [-0.39, 0.29) is 5.60 Å². The van der Waals surface area contributed by atoms with Crippen LogP contribution in [-0.2, 0) is 16.0 Å². The van der Waals surface area contributed by atoms with E-state index in [0.717, 1.165) is 36.1 Å². The summed E-state index contributed by atoms with van der Waals surface area (Å²) in [6.45, 7) is 2.78. The minimum atomic E-state index is -0.216. The fraction of sp³-hybridized carbons (Fsp3) is 0.467. The Bertz CT molecular complexity index is 590. The first-order valence-corrected chi connectivity index (χ1v) is 7.11. The third-order valence-electron chi connectivity index (χ3n) is 3.90. The van der Waals surface area contributed by atoms with Crippen molar-refractivity contribution in [1.29, 1.82) is 0 Å². The highest BCUT2D eigenvalue weighted by atomic mass is 35.5. The van der Waals surface area contributed by atoms with Gasteiger partial charge in [0.05, 0.1) is 6.61 Å². The Hall–Kier alpha value is -1.07. The zero-order chi connectivity index (χ0) is 14.0. The van der Waals surface area contributed by atoms with E-state index in [0.29, 0.717) is 18.4 Å². The van der Waals surface area contributed by atoms with E-state index in [9.17, 15) is 0 Å². The molecule has 1 aliphatic rings. The number of hydrogen-bond donors (Lipinski definition) is 1. The molecule has 0 aliphatic carbocycles. The van der Waals surface area contributed by atoms with Gasteiger partial charge in [0, 0.05) is 44.2 Å². The molecule has 20 heavy (non-hydrogen) atoms. The van der Waals surface area contributed by atoms with E-state index >= 15 is 0 Å². The number of furan rings is 1. The quantitative estimate of drug-likeness (QED) is 0.921. The highest BCUT2D eigenvalue weighted by Crippen LogP contribution is 2.29. The van der Waals surface area contributed by atoms with Gasteiger partial charge in [-0.05, 0) is 17.7 Å². The van der Waals surface area contributed by atoms with Crippen molar-refractivity contribution in [3.05, 3.63) is 35.0 Å². The van der Waals surface area contributed by atoms with Crippen molar-refractivity contribution in [1.82, 2.24) is 5.32 Å². The van der Waals surface area contributed by atoms with Crippen molar-refractivity contribution >= 4 is 22.6 Å². The molecule has 1 aromatic heterocycles. The Morgan fingerprint density at radius 1 is 1.40 bits per heavy atom. The molecule has 1 fully saturated rings. The molecule has 0 saturated carbocycles. The normalized spacial score (nSPS) is 22.7. The molecular formula is C15H18ClNO3. The second-order valence-electron chi connectivity index (χ2n) is 5.14. The molecule has 0 amide bonds. The van der Waals surface area contributed by atoms with Crippen molar-refractivity contribution in [2.24, 2.45) is 0 Å². The lowest BCUT2D eigenvalue weighted by Gasteiger charge is -2.25. The predicted octanol–water partition coefficient (Wildman–Crippen LogP) is 2.98. The van der Waals surface area contributed by atoms with Crippen molar-refractivity contribution < 1.29 is 13.9 Å². The molecule has 4 nitrogen and oxygen atoms in total. The minimum absolute atomic E-state index is 0.216. The Morgan fingerprint density at radius 3 is 3.00 bits per heavy atom. The summed E-state index contributed by atoms with van der Waals surface area (Å²) in [5, 5.41) is 4.91. The second-order valence-corrected chi connectivity index (χ2v) is 5.49. The Labute approximate surface area is 123 Å². The van der Waals surface area contributed by atoms with Gasteiger partial charge in [-0.2, -0.15) is 0 Å². The molecule has 5 heteroatoms. The topological polar surface area (TPSA) is 43.6 Å². The van der Waals surface area contributed by atoms with E-state index in [1.165, 1.54) is 0 Å². The summed E-state index contributed by atoms with van der Waals surface area (Å²) < 4.78 is 16.6. The third-order valence-corrected chi connectivity index (χ3v) is 4.20. The van der Waals surface area contributed by atoms with Gasteiger partial charge in [0.15, 0.2) is 5.22 Å². The summed E-state index contributed by atoms with van der Waals surface area (Å²) >= 11 is 6.17. The molecule has 3 rings (SSSR count). The summed E-state index contributed by atoms with van der Waals surface area (Å²) in [5.74, 6) is 0. The van der Waals surface area contributed by atoms with Crippen LogP contribution in [0.4, 0.5) is 0 Å². The highest BCUT2D eigenvalue weighted by Gasteiger charge is 2.34. The lowest BCUT2D eigenvalue weighted by molar-refractivity contribution is -0.0159. The lowest BCUT2D eigenvalue weighted by Crippen LogP contribution is -2.42. The van der Waals surface area contributed by atoms with Crippen LogP contribution in [0.3, 0.4) is 0 Å². The van der Waals surface area contributed by atoms with E-state index in [4.69, 9.17) is 25.5 Å². The van der Waals surface area contributed by atoms with Crippen molar-refractivity contribution in [3.8, 4) is 0 Å². The van der Waals surface area contributed by atoms with Crippen LogP contribution in [0.5, 0.6) is 0 Å². The highest BCUT2D eigenvalue weighted by molar-refractivity contribution is 6.30. The number of benzene rings is 1. The standard InChI is InChI=1S/C15H18ClNO3/c1-18-15(6-7-19-10-15)9-17-8-12-11-4-2-3-5-13(11)20-14(12)16/h2-5,17H,6-10H2,1H3. The van der Waals surface area contributed by atoms with Crippen molar-refractivity contribution in [3.63, 3.8) is 0 Å². The van der Waals surface area contributed by atoms with Gasteiger partial charge in [-0.1, -0.05) is 18.2 Å². The van der Waals surface area contributed by atoms with Crippen molar-refractivity contribution in [2.75, 3.05) is 26.9 Å². The molecule has 1 aliphatic heterocycles. The lowest BCUT2D eigenvalue weighted by atomic mass is 10.0. The molecule has 2 heterocycles. The smallest absolute Gasteiger partial charge is 0.199 e. The molecule has 1 saturated heterocycles. The van der Waals surface area contributed by atoms with Gasteiger partial charge < -0.3 is 19.2 Å². The molecular weight excluding hydrogens is 278 g/mol. The van der Waals surface area contributed by atoms with Crippen LogP contribution in [0, 0.1) is 0 Å². The van der Waals surface area contributed by atoms with Gasteiger partial charge in [0.25, 0.3) is 0 Å². The zero-order valence-electron chi connectivity index (χ0n) is 11.4. The summed E-state index contributed by atoms with van der Waals surface area (Å²) in [4.78, 5) is 0. The van der Waals surface area contributed by atoms with Gasteiger partial charge in [-0.15, -0.1) is 0 Å². The van der Waals surface area contributed by atoms with Gasteiger partial charge in [0.1, 0.15) is 11.2 Å². The number of fused-ring (bicyclic) bond motifs is 1. The molecule has 1 aromatic carbocycles. The Kier molecular flexibility index (Phi) is 3.98. The monoisotopic (exact) mass is 295 g/mol. The first-order chi connectivity index (χ1) is 9.74. The van der Waals surface area contributed by atoms with Crippen LogP contribution in [0.1, 0.15) is 12.0 Å². The summed E-state index contributed by atoms with van der Waals surface area (Å²) in [6, 6.07) is 7.87.